The van der Waals surface area contributed by atoms with Gasteiger partial charge in [0.1, 0.15) is 5.69 Å². The minimum absolute atomic E-state index is 0.0782. The smallest absolute Gasteiger partial charge is 0.395 e. The monoisotopic (exact) mass is 644 g/mol. The van der Waals surface area contributed by atoms with Crippen molar-refractivity contribution in [3.8, 4) is 11.1 Å². The number of nitrogens with zero attached hydrogens (tertiary/aromatic N) is 5. The third-order valence-corrected chi connectivity index (χ3v) is 12.3. The molecule has 238 valence electrons. The van der Waals surface area contributed by atoms with Gasteiger partial charge in [0.15, 0.2) is 6.73 Å². The van der Waals surface area contributed by atoms with Crippen LogP contribution in [0.4, 0.5) is 16.0 Å². The first-order valence-electron chi connectivity index (χ1n) is 15.4. The predicted octanol–water partition coefficient (Wildman–Crippen LogP) is 3.13. The second kappa shape index (κ2) is 12.2. The molecular formula is C30H43FN7O4SSi+. The average Bonchev–Trinajstić information content (AvgIpc) is 3.69. The van der Waals surface area contributed by atoms with E-state index in [1.54, 1.807) is 10.7 Å². The number of likely N-dealkylation sites (tertiary alicyclic amines) is 1. The molecule has 4 heterocycles. The quantitative estimate of drug-likeness (QED) is 0.119. The van der Waals surface area contributed by atoms with Gasteiger partial charge in [-0.2, -0.15) is 8.70 Å². The van der Waals surface area contributed by atoms with E-state index in [4.69, 9.17) is 4.74 Å². The highest BCUT2D eigenvalue weighted by molar-refractivity contribution is 7.89. The lowest BCUT2D eigenvalue weighted by molar-refractivity contribution is -0.772. The van der Waals surface area contributed by atoms with E-state index in [9.17, 15) is 17.9 Å². The summed E-state index contributed by atoms with van der Waals surface area (Å²) in [6.45, 7) is 10.7. The van der Waals surface area contributed by atoms with Crippen LogP contribution in [-0.2, 0) is 34.3 Å². The molecule has 1 aromatic carbocycles. The second-order valence-electron chi connectivity index (χ2n) is 13.6. The predicted molar refractivity (Wildman–Crippen MR) is 167 cm³/mol. The number of halogens is 1. The van der Waals surface area contributed by atoms with Crippen molar-refractivity contribution in [1.29, 1.82) is 0 Å². The molecule has 1 spiro atoms. The van der Waals surface area contributed by atoms with E-state index in [-0.39, 0.29) is 23.9 Å². The number of pyridine rings is 1. The van der Waals surface area contributed by atoms with Gasteiger partial charge < -0.3 is 14.7 Å². The van der Waals surface area contributed by atoms with Gasteiger partial charge in [-0.25, -0.2) is 23.8 Å². The Morgan fingerprint density at radius 3 is 2.77 bits per heavy atom. The SMILES string of the molecule is C[Si](C)(C)CCOC[n+]1[nH]c(S(=O)(=O)N2CC3(CCN(CCO)C3)C2)nc1Nc1c(-c2ccnc(F)c2)ccc2c1CCC2. The molecular weight excluding hydrogens is 602 g/mol. The van der Waals surface area contributed by atoms with Crippen LogP contribution in [0.3, 0.4) is 0 Å². The summed E-state index contributed by atoms with van der Waals surface area (Å²) < 4.78 is 50.9. The molecule has 0 amide bonds. The zero-order chi connectivity index (χ0) is 31.1. The normalized spacial score (nSPS) is 18.6. The maximum absolute atomic E-state index is 14.2. The zero-order valence-corrected chi connectivity index (χ0v) is 27.6. The lowest BCUT2D eigenvalue weighted by Crippen LogP contribution is -2.59. The van der Waals surface area contributed by atoms with Crippen molar-refractivity contribution < 1.29 is 27.3 Å². The molecule has 0 saturated carbocycles. The van der Waals surface area contributed by atoms with E-state index < -0.39 is 24.0 Å². The summed E-state index contributed by atoms with van der Waals surface area (Å²) in [7, 11) is -5.22. The number of sulfonamides is 1. The number of aryl methyl sites for hydroxylation is 1. The van der Waals surface area contributed by atoms with E-state index in [0.717, 1.165) is 61.6 Å². The summed E-state index contributed by atoms with van der Waals surface area (Å²) in [4.78, 5) is 10.5. The number of rotatable bonds is 12. The number of benzene rings is 1. The van der Waals surface area contributed by atoms with E-state index >= 15 is 0 Å². The number of β-amino-alcohol motifs (C(OH)–C–C–N with tert-alkyl or cyclic N) is 1. The van der Waals surface area contributed by atoms with Crippen molar-refractivity contribution in [2.45, 2.75) is 63.3 Å². The maximum atomic E-state index is 14.2. The minimum atomic E-state index is -3.89. The number of aliphatic hydroxyl groups is 1. The number of H-pyrrole nitrogens is 1. The number of aromatic nitrogens is 4. The van der Waals surface area contributed by atoms with E-state index in [0.29, 0.717) is 37.8 Å². The van der Waals surface area contributed by atoms with Crippen LogP contribution < -0.4 is 10.00 Å². The fourth-order valence-corrected chi connectivity index (χ4v) is 8.85. The highest BCUT2D eigenvalue weighted by Gasteiger charge is 2.53. The van der Waals surface area contributed by atoms with Gasteiger partial charge in [-0.1, -0.05) is 31.8 Å². The third kappa shape index (κ3) is 6.46. The van der Waals surface area contributed by atoms with Crippen LogP contribution in [0.5, 0.6) is 0 Å². The molecule has 2 saturated heterocycles. The van der Waals surface area contributed by atoms with Crippen molar-refractivity contribution >= 4 is 29.7 Å². The molecule has 2 fully saturated rings. The van der Waals surface area contributed by atoms with Crippen LogP contribution in [0.1, 0.15) is 24.0 Å². The van der Waals surface area contributed by atoms with Gasteiger partial charge in [0.05, 0.1) is 6.61 Å². The molecule has 3 aromatic rings. The number of nitrogens with one attached hydrogen (secondary N) is 2. The number of anilines is 2. The van der Waals surface area contributed by atoms with Crippen LogP contribution >= 0.6 is 0 Å². The first-order chi connectivity index (χ1) is 21.0. The number of aliphatic hydroxyl groups excluding tert-OH is 1. The maximum Gasteiger partial charge on any atom is 0.419 e. The van der Waals surface area contributed by atoms with Gasteiger partial charge in [0.2, 0.25) is 5.95 Å². The van der Waals surface area contributed by atoms with E-state index in [1.807, 2.05) is 6.07 Å². The second-order valence-corrected chi connectivity index (χ2v) is 21.1. The Balaban J connectivity index is 1.30. The van der Waals surface area contributed by atoms with Crippen molar-refractivity contribution in [1.82, 2.24) is 24.3 Å². The van der Waals surface area contributed by atoms with Gasteiger partial charge in [-0.3, -0.25) is 0 Å². The Hall–Kier alpha value is -2.75. The molecule has 2 aromatic heterocycles. The van der Waals surface area contributed by atoms with Gasteiger partial charge in [-0.15, -0.1) is 4.68 Å². The van der Waals surface area contributed by atoms with Crippen LogP contribution in [0.15, 0.2) is 35.6 Å². The van der Waals surface area contributed by atoms with Crippen molar-refractivity contribution in [2.24, 2.45) is 5.41 Å². The molecule has 14 heteroatoms. The van der Waals surface area contributed by atoms with Crippen molar-refractivity contribution in [3.05, 3.63) is 47.5 Å². The number of aromatic amines is 1. The Labute approximate surface area is 259 Å². The number of fused-ring (bicyclic) bond motifs is 1. The molecule has 44 heavy (non-hydrogen) atoms. The fourth-order valence-electron chi connectivity index (χ4n) is 6.53. The summed E-state index contributed by atoms with van der Waals surface area (Å²) in [5, 5.41) is 15.6. The van der Waals surface area contributed by atoms with Crippen molar-refractivity contribution in [3.63, 3.8) is 0 Å². The molecule has 0 radical (unpaired) electrons. The molecule has 0 bridgehead atoms. The Kier molecular flexibility index (Phi) is 8.67. The van der Waals surface area contributed by atoms with Gasteiger partial charge in [0.25, 0.3) is 10.0 Å². The summed E-state index contributed by atoms with van der Waals surface area (Å²) in [6.07, 6.45) is 5.16. The van der Waals surface area contributed by atoms with Crippen molar-refractivity contribution in [2.75, 3.05) is 51.3 Å². The lowest BCUT2D eigenvalue weighted by atomic mass is 9.81. The Morgan fingerprint density at radius 2 is 2.02 bits per heavy atom. The van der Waals surface area contributed by atoms with E-state index in [2.05, 4.69) is 51.0 Å². The Bertz CT molecular complexity index is 1620. The molecule has 0 atom stereocenters. The number of ether oxygens (including phenoxy) is 1. The number of hydrogen-bond donors (Lipinski definition) is 3. The van der Waals surface area contributed by atoms with Crippen LogP contribution in [0, 0.1) is 11.4 Å². The minimum Gasteiger partial charge on any atom is -0.395 e. The summed E-state index contributed by atoms with van der Waals surface area (Å²) in [6, 6.07) is 8.20. The molecule has 6 rings (SSSR count). The van der Waals surface area contributed by atoms with Crippen LogP contribution in [0.2, 0.25) is 25.7 Å². The first-order valence-corrected chi connectivity index (χ1v) is 20.6. The summed E-state index contributed by atoms with van der Waals surface area (Å²) >= 11 is 0. The van der Waals surface area contributed by atoms with E-state index in [1.165, 1.54) is 22.1 Å². The fraction of sp³-hybridized carbons (Fsp3) is 0.567. The van der Waals surface area contributed by atoms with Crippen LogP contribution in [0.25, 0.3) is 11.1 Å². The Morgan fingerprint density at radius 1 is 1.20 bits per heavy atom. The van der Waals surface area contributed by atoms with Gasteiger partial charge >= 0.3 is 11.1 Å². The molecule has 1 aliphatic carbocycles. The first kappa shape index (κ1) is 31.2. The topological polar surface area (TPSA) is 128 Å². The molecule has 3 N–H and O–H groups in total. The largest absolute Gasteiger partial charge is 0.419 e. The van der Waals surface area contributed by atoms with Gasteiger partial charge in [0, 0.05) is 64.1 Å². The molecule has 11 nitrogen and oxygen atoms in total. The zero-order valence-electron chi connectivity index (χ0n) is 25.8. The highest BCUT2D eigenvalue weighted by atomic mass is 32.2. The average molecular weight is 645 g/mol. The van der Waals surface area contributed by atoms with Crippen LogP contribution in [-0.4, -0.2) is 91.8 Å². The standard InChI is InChI=1S/C30H42FN7O4SSi/c1-44(2,3)16-15-42-21-38-28(33-27-24-6-4-5-22(24)7-8-25(27)23-9-11-32-26(31)17-23)34-29(35-38)43(40,41)37-19-30(20-37)10-12-36(18-30)13-14-39/h7-9,11,17,39H,4-6,10,12-16,18-21H2,1-3H3,(H,32,33,34,35)/p+1. The van der Waals surface area contributed by atoms with Gasteiger partial charge in [-0.05, 0) is 66.0 Å². The summed E-state index contributed by atoms with van der Waals surface area (Å²) in [5.74, 6) is -0.250. The third-order valence-electron chi connectivity index (χ3n) is 9.01. The highest BCUT2D eigenvalue weighted by Crippen LogP contribution is 2.42. The summed E-state index contributed by atoms with van der Waals surface area (Å²) in [5.41, 5.74) is 4.51. The lowest BCUT2D eigenvalue weighted by Gasteiger charge is -2.46. The molecule has 3 aliphatic rings. The molecule has 0 unspecified atom stereocenters. The molecule has 2 aliphatic heterocycles. The number of hydrogen-bond acceptors (Lipinski definition) is 8.